The average molecular weight is 644 g/mol. The van der Waals surface area contributed by atoms with Crippen molar-refractivity contribution in [3.05, 3.63) is 40.4 Å². The van der Waals surface area contributed by atoms with Crippen LogP contribution >= 0.6 is 11.6 Å². The summed E-state index contributed by atoms with van der Waals surface area (Å²) in [6, 6.07) is 0.397. The van der Waals surface area contributed by atoms with Crippen molar-refractivity contribution in [2.75, 3.05) is 25.0 Å². The molecule has 0 saturated carbocycles. The Labute approximate surface area is 243 Å². The van der Waals surface area contributed by atoms with Crippen molar-refractivity contribution in [3.8, 4) is 5.75 Å². The van der Waals surface area contributed by atoms with Crippen LogP contribution in [0.2, 0.25) is 5.15 Å². The molecule has 3 amide bonds. The summed E-state index contributed by atoms with van der Waals surface area (Å²) < 4.78 is 101. The Morgan fingerprint density at radius 2 is 1.86 bits per heavy atom. The number of halogens is 7. The van der Waals surface area contributed by atoms with Gasteiger partial charge in [-0.3, -0.25) is 14.4 Å². The number of carbonyl (C=O) groups excluding carboxylic acids is 3. The number of nitrogens with zero attached hydrogens (tertiary/aromatic N) is 2. The first kappa shape index (κ1) is 31.8. The number of likely N-dealkylation sites (tertiary alicyclic amines) is 1. The predicted octanol–water partition coefficient (Wildman–Crippen LogP) is 3.44. The Balaban J connectivity index is 1.48. The fourth-order valence-corrected chi connectivity index (χ4v) is 6.24. The number of carbonyl (C=O) groups is 3. The maximum absolute atomic E-state index is 13.7. The minimum absolute atomic E-state index is 0.0763. The van der Waals surface area contributed by atoms with E-state index in [1.54, 1.807) is 5.32 Å². The van der Waals surface area contributed by atoms with E-state index in [-0.39, 0.29) is 59.7 Å². The fraction of sp³-hybridized carbons (Fsp3) is 0.458. The van der Waals surface area contributed by atoms with Crippen molar-refractivity contribution < 1.29 is 50.0 Å². The first-order chi connectivity index (χ1) is 19.5. The largest absolute Gasteiger partial charge is 0.593 e. The van der Waals surface area contributed by atoms with Gasteiger partial charge in [0.2, 0.25) is 5.75 Å². The number of anilines is 1. The lowest BCUT2D eigenvalue weighted by Crippen LogP contribution is -2.60. The van der Waals surface area contributed by atoms with E-state index in [1.165, 1.54) is 11.6 Å². The van der Waals surface area contributed by atoms with Gasteiger partial charge in [0.15, 0.2) is 10.8 Å². The van der Waals surface area contributed by atoms with E-state index in [4.69, 9.17) is 16.3 Å². The predicted molar refractivity (Wildman–Crippen MR) is 137 cm³/mol. The Bertz CT molecular complexity index is 1400. The average Bonchev–Trinajstić information content (AvgIpc) is 3.08. The molecule has 18 heteroatoms. The van der Waals surface area contributed by atoms with Crippen LogP contribution in [0.15, 0.2) is 23.1 Å². The second kappa shape index (κ2) is 11.9. The van der Waals surface area contributed by atoms with Crippen LogP contribution < -0.4 is 20.1 Å². The van der Waals surface area contributed by atoms with Crippen LogP contribution in [-0.2, 0) is 28.0 Å². The van der Waals surface area contributed by atoms with Crippen LogP contribution in [0.5, 0.6) is 5.75 Å². The number of fused-ring (bicyclic) bond motifs is 1. The number of rotatable bonds is 4. The normalized spacial score (nSPS) is 19.1. The highest BCUT2D eigenvalue weighted by Crippen LogP contribution is 2.42. The lowest BCUT2D eigenvalue weighted by atomic mass is 9.89. The fourth-order valence-electron chi connectivity index (χ4n) is 4.49. The highest BCUT2D eigenvalue weighted by Gasteiger charge is 2.48. The highest BCUT2D eigenvalue weighted by atomic mass is 35.5. The lowest BCUT2D eigenvalue weighted by molar-refractivity contribution is -0.162. The zero-order valence-electron chi connectivity index (χ0n) is 21.9. The van der Waals surface area contributed by atoms with Crippen molar-refractivity contribution in [1.29, 1.82) is 0 Å². The summed E-state index contributed by atoms with van der Waals surface area (Å²) in [5.41, 5.74) is -2.30. The number of hydrogen-bond acceptors (Lipinski definition) is 6. The monoisotopic (exact) mass is 643 g/mol. The molecular formula is C24H24ClF6N5O5S. The molecule has 3 N–H and O–H groups in total. The van der Waals surface area contributed by atoms with E-state index in [9.17, 15) is 45.3 Å². The lowest BCUT2D eigenvalue weighted by Gasteiger charge is -2.39. The smallest absolute Gasteiger partial charge is 0.408 e. The van der Waals surface area contributed by atoms with E-state index in [1.807, 2.05) is 0 Å². The van der Waals surface area contributed by atoms with Gasteiger partial charge in [-0.2, -0.15) is 13.2 Å². The number of benzene rings is 1. The molecule has 1 saturated heterocycles. The van der Waals surface area contributed by atoms with Crippen LogP contribution in [0.25, 0.3) is 0 Å². The maximum atomic E-state index is 13.7. The highest BCUT2D eigenvalue weighted by molar-refractivity contribution is 7.89. The van der Waals surface area contributed by atoms with Crippen LogP contribution in [0.3, 0.4) is 0 Å². The molecule has 2 atom stereocenters. The molecule has 2 aromatic rings. The summed E-state index contributed by atoms with van der Waals surface area (Å²) in [6.07, 6.45) is -7.70. The third kappa shape index (κ3) is 6.28. The van der Waals surface area contributed by atoms with Crippen LogP contribution in [0.1, 0.15) is 42.2 Å². The van der Waals surface area contributed by atoms with Gasteiger partial charge in [-0.05, 0) is 38.0 Å². The quantitative estimate of drug-likeness (QED) is 0.266. The molecule has 1 fully saturated rings. The molecule has 2 aliphatic heterocycles. The SMILES string of the molecule is CC(NC(=O)C(=O)N1CCC2(CC1)COc1c(c(Cl)n(C)c1C(=O)Nc1ccc(F)c(C(F)F)c1)[S+]([O-])N2)C(F)(F)F. The van der Waals surface area contributed by atoms with Gasteiger partial charge in [0.1, 0.15) is 24.0 Å². The molecule has 4 rings (SSSR count). The zero-order valence-corrected chi connectivity index (χ0v) is 23.5. The molecule has 2 unspecified atom stereocenters. The van der Waals surface area contributed by atoms with Gasteiger partial charge in [0, 0.05) is 25.8 Å². The molecule has 0 radical (unpaired) electrons. The second-order valence-electron chi connectivity index (χ2n) is 9.82. The third-order valence-corrected chi connectivity index (χ3v) is 8.89. The van der Waals surface area contributed by atoms with Gasteiger partial charge in [0.05, 0.1) is 16.9 Å². The molecule has 2 aliphatic rings. The second-order valence-corrected chi connectivity index (χ2v) is 11.3. The molecule has 1 spiro atoms. The van der Waals surface area contributed by atoms with E-state index < -0.39 is 64.6 Å². The van der Waals surface area contributed by atoms with Gasteiger partial charge in [0.25, 0.3) is 17.2 Å². The minimum Gasteiger partial charge on any atom is -0.593 e. The molecule has 1 aromatic carbocycles. The number of alkyl halides is 5. The molecule has 10 nitrogen and oxygen atoms in total. The van der Waals surface area contributed by atoms with E-state index in [0.717, 1.165) is 23.1 Å². The first-order valence-electron chi connectivity index (χ1n) is 12.3. The molecular weight excluding hydrogens is 620 g/mol. The van der Waals surface area contributed by atoms with Gasteiger partial charge >= 0.3 is 18.0 Å². The van der Waals surface area contributed by atoms with E-state index in [2.05, 4.69) is 10.0 Å². The van der Waals surface area contributed by atoms with E-state index in [0.29, 0.717) is 6.92 Å². The van der Waals surface area contributed by atoms with Crippen molar-refractivity contribution in [2.45, 2.75) is 48.8 Å². The number of amides is 3. The topological polar surface area (TPSA) is 128 Å². The van der Waals surface area contributed by atoms with E-state index >= 15 is 0 Å². The van der Waals surface area contributed by atoms with Crippen molar-refractivity contribution in [3.63, 3.8) is 0 Å². The standard InChI is InChI=1S/C24H24ClF6N5O5S/c1-11(24(29,30)31)32-21(38)22(39)36-7-5-23(6-8-36)10-41-16-15(35(2)18(25)17(16)42(40)34-23)20(37)33-12-3-4-14(26)13(9-12)19(27)28/h3-4,9,11,19,34H,5-8,10H2,1-2H3,(H,32,38)(H,33,37). The molecule has 230 valence electrons. The molecule has 0 bridgehead atoms. The number of ether oxygens (including phenoxy) is 1. The Hall–Kier alpha value is -3.15. The summed E-state index contributed by atoms with van der Waals surface area (Å²) in [4.78, 5) is 38.7. The van der Waals surface area contributed by atoms with Gasteiger partial charge < -0.3 is 29.4 Å². The first-order valence-corrected chi connectivity index (χ1v) is 13.8. The summed E-state index contributed by atoms with van der Waals surface area (Å²) >= 11 is 4.32. The van der Waals surface area contributed by atoms with Gasteiger partial charge in [-0.1, -0.05) is 11.6 Å². The Morgan fingerprint density at radius 3 is 2.45 bits per heavy atom. The molecule has 3 heterocycles. The van der Waals surface area contributed by atoms with Crippen molar-refractivity contribution in [1.82, 2.24) is 19.5 Å². The maximum Gasteiger partial charge on any atom is 0.408 e. The minimum atomic E-state index is -4.73. The number of hydrogen-bond donors (Lipinski definition) is 3. The molecule has 0 aliphatic carbocycles. The molecule has 1 aromatic heterocycles. The van der Waals surface area contributed by atoms with Crippen LogP contribution in [0, 0.1) is 5.82 Å². The number of nitrogens with one attached hydrogen (secondary N) is 3. The zero-order chi connectivity index (χ0) is 31.1. The van der Waals surface area contributed by atoms with Crippen molar-refractivity contribution in [2.24, 2.45) is 7.05 Å². The number of aromatic nitrogens is 1. The van der Waals surface area contributed by atoms with Gasteiger partial charge in [-0.25, -0.2) is 13.2 Å². The third-order valence-electron chi connectivity index (χ3n) is 6.97. The summed E-state index contributed by atoms with van der Waals surface area (Å²) in [7, 11) is 1.38. The summed E-state index contributed by atoms with van der Waals surface area (Å²) in [5.74, 6) is -4.75. The van der Waals surface area contributed by atoms with Gasteiger partial charge in [-0.15, -0.1) is 4.72 Å². The Kier molecular flexibility index (Phi) is 8.97. The summed E-state index contributed by atoms with van der Waals surface area (Å²) in [5, 5.41) is 3.86. The van der Waals surface area contributed by atoms with Crippen LogP contribution in [-0.4, -0.2) is 69.2 Å². The van der Waals surface area contributed by atoms with Crippen LogP contribution in [0.4, 0.5) is 32.0 Å². The molecule has 42 heavy (non-hydrogen) atoms. The summed E-state index contributed by atoms with van der Waals surface area (Å²) in [6.45, 7) is 0.348. The number of piperidine rings is 1. The van der Waals surface area contributed by atoms with Crippen molar-refractivity contribution >= 4 is 46.4 Å². The Morgan fingerprint density at radius 1 is 1.21 bits per heavy atom.